The highest BCUT2D eigenvalue weighted by Crippen LogP contribution is 2.21. The molecule has 1 aliphatic rings. The predicted octanol–water partition coefficient (Wildman–Crippen LogP) is 3.21. The van der Waals surface area contributed by atoms with E-state index in [9.17, 15) is 4.79 Å². The minimum atomic E-state index is -0.385. The van der Waals surface area contributed by atoms with Gasteiger partial charge in [-0.1, -0.05) is 22.6 Å². The van der Waals surface area contributed by atoms with Gasteiger partial charge in [0, 0.05) is 17.0 Å². The summed E-state index contributed by atoms with van der Waals surface area (Å²) in [6, 6.07) is 0.370. The van der Waals surface area contributed by atoms with E-state index in [0.29, 0.717) is 6.04 Å². The number of hydrogen-bond donors (Lipinski definition) is 0. The van der Waals surface area contributed by atoms with Crippen molar-refractivity contribution in [3.8, 4) is 0 Å². The monoisotopic (exact) mass is 325 g/mol. The van der Waals surface area contributed by atoms with Gasteiger partial charge in [-0.15, -0.1) is 0 Å². The van der Waals surface area contributed by atoms with E-state index in [1.54, 1.807) is 0 Å². The van der Waals surface area contributed by atoms with Gasteiger partial charge in [-0.2, -0.15) is 0 Å². The third kappa shape index (κ3) is 4.17. The molecule has 0 aromatic rings. The van der Waals surface area contributed by atoms with Crippen LogP contribution in [0.2, 0.25) is 0 Å². The van der Waals surface area contributed by atoms with E-state index in [2.05, 4.69) is 22.6 Å². The fraction of sp³-hybridized carbons (Fsp3) is 0.909. The van der Waals surface area contributed by atoms with Crippen LogP contribution in [0.1, 0.15) is 40.0 Å². The molecule has 1 saturated heterocycles. The summed E-state index contributed by atoms with van der Waals surface area (Å²) >= 11 is 2.34. The standard InChI is InChI=1S/C11H20INO2/c1-11(2,3)15-10(14)13-7-5-4-6-9(13)8-12/h9H,4-8H2,1-3H3/t9-/m0/s1. The van der Waals surface area contributed by atoms with Crippen LogP contribution in [-0.4, -0.2) is 33.6 Å². The number of rotatable bonds is 1. The Hall–Kier alpha value is 0. The number of carbonyl (C=O) groups is 1. The van der Waals surface area contributed by atoms with E-state index in [0.717, 1.165) is 23.8 Å². The number of halogens is 1. The number of ether oxygens (including phenoxy) is 1. The molecule has 1 fully saturated rings. The molecule has 0 spiro atoms. The molecule has 0 aromatic heterocycles. The summed E-state index contributed by atoms with van der Waals surface area (Å²) in [5.74, 6) is 0. The molecule has 0 aromatic carbocycles. The Kier molecular flexibility index (Phi) is 4.67. The Balaban J connectivity index is 2.56. The zero-order chi connectivity index (χ0) is 11.5. The SMILES string of the molecule is CC(C)(C)OC(=O)N1CCCC[C@H]1CI. The Morgan fingerprint density at radius 3 is 2.67 bits per heavy atom. The van der Waals surface area contributed by atoms with E-state index >= 15 is 0 Å². The van der Waals surface area contributed by atoms with Gasteiger partial charge in [-0.05, 0) is 40.0 Å². The van der Waals surface area contributed by atoms with Crippen LogP contribution in [0.25, 0.3) is 0 Å². The van der Waals surface area contributed by atoms with Gasteiger partial charge in [0.25, 0.3) is 0 Å². The van der Waals surface area contributed by atoms with Crippen molar-refractivity contribution in [1.29, 1.82) is 0 Å². The van der Waals surface area contributed by atoms with Crippen molar-refractivity contribution in [3.63, 3.8) is 0 Å². The van der Waals surface area contributed by atoms with Crippen molar-refractivity contribution in [2.24, 2.45) is 0 Å². The molecular formula is C11H20INO2. The van der Waals surface area contributed by atoms with E-state index in [-0.39, 0.29) is 11.7 Å². The predicted molar refractivity (Wildman–Crippen MR) is 69.5 cm³/mol. The summed E-state index contributed by atoms with van der Waals surface area (Å²) < 4.78 is 6.39. The first-order chi connectivity index (χ1) is 6.94. The van der Waals surface area contributed by atoms with Gasteiger partial charge >= 0.3 is 6.09 Å². The third-order valence-electron chi connectivity index (χ3n) is 2.43. The molecule has 0 radical (unpaired) electrons. The summed E-state index contributed by atoms with van der Waals surface area (Å²) in [7, 11) is 0. The Morgan fingerprint density at radius 2 is 2.13 bits per heavy atom. The molecule has 1 atom stereocenters. The maximum absolute atomic E-state index is 11.9. The highest BCUT2D eigenvalue weighted by Gasteiger charge is 2.29. The summed E-state index contributed by atoms with van der Waals surface area (Å²) in [6.45, 7) is 6.58. The van der Waals surface area contributed by atoms with Crippen molar-refractivity contribution in [2.45, 2.75) is 51.7 Å². The minimum absolute atomic E-state index is 0.149. The highest BCUT2D eigenvalue weighted by molar-refractivity contribution is 14.1. The van der Waals surface area contributed by atoms with Crippen molar-refractivity contribution >= 4 is 28.7 Å². The average molecular weight is 325 g/mol. The van der Waals surface area contributed by atoms with Crippen LogP contribution < -0.4 is 0 Å². The van der Waals surface area contributed by atoms with Crippen LogP contribution in [0.3, 0.4) is 0 Å². The van der Waals surface area contributed by atoms with Crippen LogP contribution >= 0.6 is 22.6 Å². The Bertz CT molecular complexity index is 225. The second kappa shape index (κ2) is 5.37. The summed E-state index contributed by atoms with van der Waals surface area (Å²) in [5, 5.41) is 0. The maximum atomic E-state index is 11.9. The van der Waals surface area contributed by atoms with Gasteiger partial charge in [0.2, 0.25) is 0 Å². The molecule has 0 saturated carbocycles. The Labute approximate surface area is 106 Å². The van der Waals surface area contributed by atoms with Gasteiger partial charge in [-0.25, -0.2) is 4.79 Å². The first kappa shape index (κ1) is 13.1. The lowest BCUT2D eigenvalue weighted by Gasteiger charge is -2.35. The molecule has 1 amide bonds. The zero-order valence-electron chi connectivity index (χ0n) is 9.75. The number of alkyl halides is 1. The Morgan fingerprint density at radius 1 is 1.47 bits per heavy atom. The van der Waals surface area contributed by atoms with E-state index in [1.807, 2.05) is 25.7 Å². The topological polar surface area (TPSA) is 29.5 Å². The second-order valence-corrected chi connectivity index (χ2v) is 5.86. The first-order valence-corrected chi connectivity index (χ1v) is 7.02. The quantitative estimate of drug-likeness (QED) is 0.547. The van der Waals surface area contributed by atoms with Crippen molar-refractivity contribution < 1.29 is 9.53 Å². The molecule has 0 bridgehead atoms. The van der Waals surface area contributed by atoms with Gasteiger partial charge in [0.15, 0.2) is 0 Å². The van der Waals surface area contributed by atoms with Gasteiger partial charge < -0.3 is 9.64 Å². The molecule has 0 aliphatic carbocycles. The fourth-order valence-electron chi connectivity index (χ4n) is 1.72. The number of hydrogen-bond acceptors (Lipinski definition) is 2. The van der Waals surface area contributed by atoms with Gasteiger partial charge in [0.05, 0.1) is 0 Å². The van der Waals surface area contributed by atoms with E-state index in [1.165, 1.54) is 6.42 Å². The lowest BCUT2D eigenvalue weighted by molar-refractivity contribution is 0.0129. The molecule has 1 aliphatic heterocycles. The molecule has 0 N–H and O–H groups in total. The molecule has 1 heterocycles. The molecule has 15 heavy (non-hydrogen) atoms. The zero-order valence-corrected chi connectivity index (χ0v) is 11.9. The summed E-state index contributed by atoms with van der Waals surface area (Å²) in [4.78, 5) is 13.8. The smallest absolute Gasteiger partial charge is 0.410 e. The summed E-state index contributed by atoms with van der Waals surface area (Å²) in [5.41, 5.74) is -0.385. The normalized spacial score (nSPS) is 22.7. The van der Waals surface area contributed by atoms with Crippen LogP contribution in [-0.2, 0) is 4.74 Å². The van der Waals surface area contributed by atoms with Gasteiger partial charge in [-0.3, -0.25) is 0 Å². The van der Waals surface area contributed by atoms with Crippen LogP contribution in [0.4, 0.5) is 4.79 Å². The van der Waals surface area contributed by atoms with Gasteiger partial charge in [0.1, 0.15) is 5.60 Å². The highest BCUT2D eigenvalue weighted by atomic mass is 127. The van der Waals surface area contributed by atoms with Crippen LogP contribution in [0, 0.1) is 0 Å². The first-order valence-electron chi connectivity index (χ1n) is 5.49. The lowest BCUT2D eigenvalue weighted by Crippen LogP contribution is -2.46. The number of likely N-dealkylation sites (tertiary alicyclic amines) is 1. The fourth-order valence-corrected chi connectivity index (χ4v) is 2.64. The van der Waals surface area contributed by atoms with Crippen LogP contribution in [0.5, 0.6) is 0 Å². The van der Waals surface area contributed by atoms with Crippen molar-refractivity contribution in [2.75, 3.05) is 11.0 Å². The number of amides is 1. The molecule has 0 unspecified atom stereocenters. The number of piperidine rings is 1. The molecule has 3 nitrogen and oxygen atoms in total. The average Bonchev–Trinajstić information content (AvgIpc) is 2.15. The molecule has 4 heteroatoms. The van der Waals surface area contributed by atoms with Crippen LogP contribution in [0.15, 0.2) is 0 Å². The summed E-state index contributed by atoms with van der Waals surface area (Å²) in [6.07, 6.45) is 3.30. The third-order valence-corrected chi connectivity index (χ3v) is 3.45. The van der Waals surface area contributed by atoms with Crippen molar-refractivity contribution in [3.05, 3.63) is 0 Å². The largest absolute Gasteiger partial charge is 0.444 e. The number of carbonyl (C=O) groups excluding carboxylic acids is 1. The minimum Gasteiger partial charge on any atom is -0.444 e. The second-order valence-electron chi connectivity index (χ2n) is 4.98. The van der Waals surface area contributed by atoms with Crippen molar-refractivity contribution in [1.82, 2.24) is 4.90 Å². The number of nitrogens with zero attached hydrogens (tertiary/aromatic N) is 1. The lowest BCUT2D eigenvalue weighted by atomic mass is 10.0. The van der Waals surface area contributed by atoms with E-state index < -0.39 is 0 Å². The maximum Gasteiger partial charge on any atom is 0.410 e. The molecule has 88 valence electrons. The molecule has 1 rings (SSSR count). The van der Waals surface area contributed by atoms with E-state index in [4.69, 9.17) is 4.74 Å². The molecular weight excluding hydrogens is 305 g/mol.